The molecule has 0 bridgehead atoms. The molecule has 8 heteroatoms. The van der Waals surface area contributed by atoms with Gasteiger partial charge in [0.15, 0.2) is 0 Å². The van der Waals surface area contributed by atoms with Crippen molar-refractivity contribution < 1.29 is 4.79 Å². The number of nitrogens with zero attached hydrogens (tertiary/aromatic N) is 4. The molecule has 1 aliphatic carbocycles. The van der Waals surface area contributed by atoms with Crippen LogP contribution in [0.4, 0.5) is 5.95 Å². The molecule has 0 saturated carbocycles. The second-order valence-corrected chi connectivity index (χ2v) is 9.42. The topological polar surface area (TPSA) is 58.4 Å². The van der Waals surface area contributed by atoms with Crippen molar-refractivity contribution >= 4 is 45.0 Å². The first-order valence-electron chi connectivity index (χ1n) is 10.3. The SMILES string of the molecule is Cn1c(N2CCN(C(=O)c3ccccc3Cl)CC2)nc2sc3c(c2c1=O)CCCC3. The number of rotatable bonds is 2. The molecule has 0 atom stereocenters. The second-order valence-electron chi connectivity index (χ2n) is 7.93. The molecule has 156 valence electrons. The predicted molar refractivity (Wildman–Crippen MR) is 121 cm³/mol. The number of hydrogen-bond donors (Lipinski definition) is 0. The van der Waals surface area contributed by atoms with Crippen LogP contribution < -0.4 is 10.5 Å². The minimum Gasteiger partial charge on any atom is -0.339 e. The molecular formula is C22H23ClN4O2S. The predicted octanol–water partition coefficient (Wildman–Crippen LogP) is 3.49. The van der Waals surface area contributed by atoms with Crippen LogP contribution in [-0.2, 0) is 19.9 Å². The van der Waals surface area contributed by atoms with Gasteiger partial charge in [-0.3, -0.25) is 14.2 Å². The van der Waals surface area contributed by atoms with Crippen LogP contribution in [0.25, 0.3) is 10.2 Å². The van der Waals surface area contributed by atoms with Gasteiger partial charge in [0.2, 0.25) is 5.95 Å². The summed E-state index contributed by atoms with van der Waals surface area (Å²) in [4.78, 5) is 37.0. The molecule has 1 aromatic carbocycles. The van der Waals surface area contributed by atoms with Crippen molar-refractivity contribution in [3.05, 3.63) is 55.6 Å². The first kappa shape index (κ1) is 19.6. The van der Waals surface area contributed by atoms with Gasteiger partial charge in [-0.15, -0.1) is 11.3 Å². The van der Waals surface area contributed by atoms with E-state index in [1.165, 1.54) is 16.9 Å². The van der Waals surface area contributed by atoms with E-state index in [2.05, 4.69) is 4.90 Å². The standard InChI is InChI=1S/C22H23ClN4O2S/c1-25-21(29)18-15-7-3-5-9-17(15)30-19(18)24-22(25)27-12-10-26(11-13-27)20(28)14-6-2-4-8-16(14)23/h2,4,6,8H,3,5,7,9-13H2,1H3. The Labute approximate surface area is 183 Å². The van der Waals surface area contributed by atoms with Crippen molar-refractivity contribution in [2.45, 2.75) is 25.7 Å². The highest BCUT2D eigenvalue weighted by atomic mass is 35.5. The molecule has 1 fully saturated rings. The Bertz CT molecular complexity index is 1190. The first-order chi connectivity index (χ1) is 14.5. The molecule has 2 aromatic heterocycles. The van der Waals surface area contributed by atoms with E-state index in [9.17, 15) is 9.59 Å². The third-order valence-corrected chi connectivity index (χ3v) is 7.64. The molecule has 1 amide bonds. The summed E-state index contributed by atoms with van der Waals surface area (Å²) in [5, 5.41) is 1.29. The zero-order valence-corrected chi connectivity index (χ0v) is 18.4. The summed E-state index contributed by atoms with van der Waals surface area (Å²) in [5.74, 6) is 0.638. The van der Waals surface area contributed by atoms with E-state index < -0.39 is 0 Å². The fourth-order valence-corrected chi connectivity index (χ4v) is 5.94. The molecule has 0 unspecified atom stereocenters. The van der Waals surface area contributed by atoms with Gasteiger partial charge in [-0.1, -0.05) is 23.7 Å². The maximum absolute atomic E-state index is 13.1. The monoisotopic (exact) mass is 442 g/mol. The van der Waals surface area contributed by atoms with Gasteiger partial charge in [0.1, 0.15) is 4.83 Å². The summed E-state index contributed by atoms with van der Waals surface area (Å²) in [6, 6.07) is 7.14. The third-order valence-electron chi connectivity index (χ3n) is 6.13. The highest BCUT2D eigenvalue weighted by Gasteiger charge is 2.27. The molecule has 0 spiro atoms. The number of thiophene rings is 1. The van der Waals surface area contributed by atoms with Gasteiger partial charge in [0.05, 0.1) is 16.0 Å². The van der Waals surface area contributed by atoms with Crippen LogP contribution in [0.5, 0.6) is 0 Å². The number of piperazine rings is 1. The summed E-state index contributed by atoms with van der Waals surface area (Å²) in [7, 11) is 1.80. The van der Waals surface area contributed by atoms with Crippen LogP contribution >= 0.6 is 22.9 Å². The Kier molecular flexibility index (Phi) is 5.03. The lowest BCUT2D eigenvalue weighted by atomic mass is 9.97. The first-order valence-corrected chi connectivity index (χ1v) is 11.5. The van der Waals surface area contributed by atoms with Crippen LogP contribution in [0.2, 0.25) is 5.02 Å². The number of aryl methyl sites for hydroxylation is 2. The molecule has 0 radical (unpaired) electrons. The number of halogens is 1. The molecule has 3 heterocycles. The molecule has 1 aliphatic heterocycles. The van der Waals surface area contributed by atoms with Crippen LogP contribution in [0.15, 0.2) is 29.1 Å². The van der Waals surface area contributed by atoms with Crippen molar-refractivity contribution in [2.75, 3.05) is 31.1 Å². The summed E-state index contributed by atoms with van der Waals surface area (Å²) in [6.07, 6.45) is 4.37. The Morgan fingerprint density at radius 1 is 1.10 bits per heavy atom. The minimum absolute atomic E-state index is 0.0453. The van der Waals surface area contributed by atoms with E-state index >= 15 is 0 Å². The lowest BCUT2D eigenvalue weighted by Crippen LogP contribution is -2.50. The number of carbonyl (C=O) groups is 1. The number of fused-ring (bicyclic) bond motifs is 3. The Balaban J connectivity index is 1.40. The lowest BCUT2D eigenvalue weighted by molar-refractivity contribution is 0.0746. The fraction of sp³-hybridized carbons (Fsp3) is 0.409. The number of amides is 1. The molecule has 0 N–H and O–H groups in total. The van der Waals surface area contributed by atoms with Gasteiger partial charge in [-0.25, -0.2) is 4.98 Å². The van der Waals surface area contributed by atoms with Gasteiger partial charge in [0, 0.05) is 38.1 Å². The van der Waals surface area contributed by atoms with Gasteiger partial charge < -0.3 is 9.80 Å². The average Bonchev–Trinajstić information content (AvgIpc) is 3.15. The van der Waals surface area contributed by atoms with E-state index in [4.69, 9.17) is 16.6 Å². The summed E-state index contributed by atoms with van der Waals surface area (Å²) in [5.41, 5.74) is 1.80. The molecular weight excluding hydrogens is 420 g/mol. The maximum Gasteiger partial charge on any atom is 0.263 e. The van der Waals surface area contributed by atoms with E-state index in [-0.39, 0.29) is 11.5 Å². The van der Waals surface area contributed by atoms with E-state index in [1.54, 1.807) is 35.1 Å². The summed E-state index contributed by atoms with van der Waals surface area (Å²) >= 11 is 7.87. The van der Waals surface area contributed by atoms with Crippen molar-refractivity contribution in [2.24, 2.45) is 7.05 Å². The van der Waals surface area contributed by atoms with Crippen molar-refractivity contribution in [3.8, 4) is 0 Å². The third kappa shape index (κ3) is 3.20. The average molecular weight is 443 g/mol. The maximum atomic E-state index is 13.1. The molecule has 30 heavy (non-hydrogen) atoms. The number of benzene rings is 1. The van der Waals surface area contributed by atoms with Crippen LogP contribution in [-0.4, -0.2) is 46.5 Å². The fourth-order valence-electron chi connectivity index (χ4n) is 4.47. The quantitative estimate of drug-likeness (QED) is 0.609. The zero-order valence-electron chi connectivity index (χ0n) is 16.9. The van der Waals surface area contributed by atoms with E-state index in [0.29, 0.717) is 42.7 Å². The minimum atomic E-state index is -0.0523. The molecule has 1 saturated heterocycles. The van der Waals surface area contributed by atoms with Crippen LogP contribution in [0, 0.1) is 0 Å². The molecule has 3 aromatic rings. The van der Waals surface area contributed by atoms with Crippen LogP contribution in [0.1, 0.15) is 33.6 Å². The van der Waals surface area contributed by atoms with Gasteiger partial charge in [-0.05, 0) is 43.4 Å². The summed E-state index contributed by atoms with van der Waals surface area (Å²) in [6.45, 7) is 2.40. The van der Waals surface area contributed by atoms with Crippen molar-refractivity contribution in [1.82, 2.24) is 14.5 Å². The van der Waals surface area contributed by atoms with Gasteiger partial charge >= 0.3 is 0 Å². The van der Waals surface area contributed by atoms with Crippen molar-refractivity contribution in [1.29, 1.82) is 0 Å². The summed E-state index contributed by atoms with van der Waals surface area (Å²) < 4.78 is 1.68. The molecule has 5 rings (SSSR count). The van der Waals surface area contributed by atoms with Gasteiger partial charge in [-0.2, -0.15) is 0 Å². The second kappa shape index (κ2) is 7.71. The molecule has 2 aliphatic rings. The molecule has 6 nitrogen and oxygen atoms in total. The number of hydrogen-bond acceptors (Lipinski definition) is 5. The van der Waals surface area contributed by atoms with Crippen LogP contribution in [0.3, 0.4) is 0 Å². The number of anilines is 1. The smallest absolute Gasteiger partial charge is 0.263 e. The zero-order chi connectivity index (χ0) is 20.8. The Morgan fingerprint density at radius 3 is 2.60 bits per heavy atom. The highest BCUT2D eigenvalue weighted by Crippen LogP contribution is 2.34. The largest absolute Gasteiger partial charge is 0.339 e. The Hall–Kier alpha value is -2.38. The number of aromatic nitrogens is 2. The Morgan fingerprint density at radius 2 is 1.83 bits per heavy atom. The van der Waals surface area contributed by atoms with E-state index in [1.807, 2.05) is 17.0 Å². The normalized spacial score (nSPS) is 16.7. The number of carbonyl (C=O) groups excluding carboxylic acids is 1. The highest BCUT2D eigenvalue weighted by molar-refractivity contribution is 7.18. The lowest BCUT2D eigenvalue weighted by Gasteiger charge is -2.36. The van der Waals surface area contributed by atoms with Gasteiger partial charge in [0.25, 0.3) is 11.5 Å². The van der Waals surface area contributed by atoms with E-state index in [0.717, 1.165) is 29.5 Å². The van der Waals surface area contributed by atoms with Crippen molar-refractivity contribution in [3.63, 3.8) is 0 Å².